The SMILES string of the molecule is C=CC(=O)N1CO[C@]2(CCN(C(=O)N(C)[C@H](C(=O)O)C(C)C)C2)C1. The molecular formula is C16H25N3O5. The van der Waals surface area contributed by atoms with Crippen LogP contribution in [0.5, 0.6) is 0 Å². The fraction of sp³-hybridized carbons (Fsp3) is 0.688. The number of likely N-dealkylation sites (tertiary alicyclic amines) is 1. The molecule has 0 aromatic heterocycles. The van der Waals surface area contributed by atoms with Crippen molar-refractivity contribution >= 4 is 17.9 Å². The van der Waals surface area contributed by atoms with Crippen molar-refractivity contribution in [2.45, 2.75) is 31.9 Å². The Balaban J connectivity index is 2.03. The number of carbonyl (C=O) groups is 3. The average Bonchev–Trinajstić information content (AvgIpc) is 3.12. The molecule has 2 fully saturated rings. The Kier molecular flexibility index (Phi) is 5.17. The van der Waals surface area contributed by atoms with Crippen molar-refractivity contribution in [3.05, 3.63) is 12.7 Å². The lowest BCUT2D eigenvalue weighted by Gasteiger charge is -2.32. The molecule has 2 heterocycles. The van der Waals surface area contributed by atoms with E-state index in [2.05, 4.69) is 6.58 Å². The molecule has 3 amide bonds. The average molecular weight is 339 g/mol. The molecule has 8 nitrogen and oxygen atoms in total. The van der Waals surface area contributed by atoms with E-state index in [4.69, 9.17) is 4.74 Å². The molecule has 0 radical (unpaired) electrons. The van der Waals surface area contributed by atoms with E-state index in [0.29, 0.717) is 26.1 Å². The van der Waals surface area contributed by atoms with Crippen LogP contribution in [0.1, 0.15) is 20.3 Å². The second-order valence-corrected chi connectivity index (χ2v) is 6.79. The summed E-state index contributed by atoms with van der Waals surface area (Å²) in [5.41, 5.74) is -0.564. The number of likely N-dealkylation sites (N-methyl/N-ethyl adjacent to an activating group) is 1. The zero-order chi connectivity index (χ0) is 18.1. The Morgan fingerprint density at radius 2 is 1.92 bits per heavy atom. The number of amides is 3. The van der Waals surface area contributed by atoms with Crippen molar-refractivity contribution < 1.29 is 24.2 Å². The van der Waals surface area contributed by atoms with E-state index >= 15 is 0 Å². The van der Waals surface area contributed by atoms with Gasteiger partial charge in [0.1, 0.15) is 18.4 Å². The maximum Gasteiger partial charge on any atom is 0.326 e. The van der Waals surface area contributed by atoms with Crippen molar-refractivity contribution in [1.29, 1.82) is 0 Å². The third-order valence-corrected chi connectivity index (χ3v) is 4.68. The summed E-state index contributed by atoms with van der Waals surface area (Å²) in [5, 5.41) is 9.34. The van der Waals surface area contributed by atoms with Crippen molar-refractivity contribution in [3.8, 4) is 0 Å². The summed E-state index contributed by atoms with van der Waals surface area (Å²) < 4.78 is 5.78. The summed E-state index contributed by atoms with van der Waals surface area (Å²) >= 11 is 0. The van der Waals surface area contributed by atoms with Gasteiger partial charge in [0.15, 0.2) is 0 Å². The fourth-order valence-electron chi connectivity index (χ4n) is 3.42. The maximum atomic E-state index is 12.6. The number of hydrogen-bond acceptors (Lipinski definition) is 4. The molecule has 0 unspecified atom stereocenters. The topological polar surface area (TPSA) is 90.4 Å². The lowest BCUT2D eigenvalue weighted by molar-refractivity contribution is -0.143. The summed E-state index contributed by atoms with van der Waals surface area (Å²) in [6, 6.07) is -1.21. The van der Waals surface area contributed by atoms with Gasteiger partial charge in [-0.2, -0.15) is 0 Å². The van der Waals surface area contributed by atoms with Crippen LogP contribution < -0.4 is 0 Å². The second kappa shape index (κ2) is 6.80. The third-order valence-electron chi connectivity index (χ3n) is 4.68. The number of rotatable bonds is 4. The summed E-state index contributed by atoms with van der Waals surface area (Å²) in [4.78, 5) is 40.2. The van der Waals surface area contributed by atoms with Crippen LogP contribution in [0.15, 0.2) is 12.7 Å². The van der Waals surface area contributed by atoms with E-state index in [-0.39, 0.29) is 24.6 Å². The number of urea groups is 1. The number of carbonyl (C=O) groups excluding carboxylic acids is 2. The molecule has 2 aliphatic heterocycles. The molecule has 1 spiro atoms. The Bertz CT molecular complexity index is 550. The fourth-order valence-corrected chi connectivity index (χ4v) is 3.42. The molecule has 0 bridgehead atoms. The summed E-state index contributed by atoms with van der Waals surface area (Å²) in [7, 11) is 1.51. The monoisotopic (exact) mass is 339 g/mol. The molecule has 0 aromatic rings. The number of hydrogen-bond donors (Lipinski definition) is 1. The standard InChI is InChI=1S/C16H25N3O5/c1-5-12(20)19-9-16(24-10-19)6-7-18(8-16)15(23)17(4)13(11(2)3)14(21)22/h5,11,13H,1,6-10H2,2-4H3,(H,21,22)/t13-,16-/m0/s1. The van der Waals surface area contributed by atoms with Gasteiger partial charge in [-0.25, -0.2) is 9.59 Å². The Labute approximate surface area is 141 Å². The van der Waals surface area contributed by atoms with Gasteiger partial charge in [-0.1, -0.05) is 20.4 Å². The smallest absolute Gasteiger partial charge is 0.326 e. The maximum absolute atomic E-state index is 12.6. The molecule has 8 heteroatoms. The van der Waals surface area contributed by atoms with Gasteiger partial charge in [-0.3, -0.25) is 4.79 Å². The van der Waals surface area contributed by atoms with Gasteiger partial charge in [0.2, 0.25) is 5.91 Å². The Morgan fingerprint density at radius 3 is 2.46 bits per heavy atom. The van der Waals surface area contributed by atoms with E-state index < -0.39 is 17.6 Å². The normalized spacial score (nSPS) is 24.5. The Hall–Kier alpha value is -2.09. The van der Waals surface area contributed by atoms with E-state index in [1.807, 2.05) is 0 Å². The highest BCUT2D eigenvalue weighted by Gasteiger charge is 2.48. The minimum absolute atomic E-state index is 0.187. The third kappa shape index (κ3) is 3.38. The zero-order valence-corrected chi connectivity index (χ0v) is 14.4. The van der Waals surface area contributed by atoms with Crippen LogP contribution in [0.3, 0.4) is 0 Å². The van der Waals surface area contributed by atoms with Gasteiger partial charge in [-0.05, 0) is 18.4 Å². The number of carboxylic acids is 1. The number of aliphatic carboxylic acids is 1. The number of nitrogens with zero attached hydrogens (tertiary/aromatic N) is 3. The molecule has 0 aromatic carbocycles. The molecule has 0 saturated carbocycles. The summed E-state index contributed by atoms with van der Waals surface area (Å²) in [6.07, 6.45) is 1.86. The minimum Gasteiger partial charge on any atom is -0.480 e. The largest absolute Gasteiger partial charge is 0.480 e. The highest BCUT2D eigenvalue weighted by atomic mass is 16.5. The summed E-state index contributed by atoms with van der Waals surface area (Å²) in [6.45, 7) is 8.43. The first-order chi connectivity index (χ1) is 11.2. The lowest BCUT2D eigenvalue weighted by atomic mass is 10.0. The van der Waals surface area contributed by atoms with Crippen LogP contribution >= 0.6 is 0 Å². The Morgan fingerprint density at radius 1 is 1.29 bits per heavy atom. The first-order valence-electron chi connectivity index (χ1n) is 8.00. The highest BCUT2D eigenvalue weighted by molar-refractivity contribution is 5.87. The number of carboxylic acid groups (broad SMARTS) is 1. The van der Waals surface area contributed by atoms with Crippen molar-refractivity contribution in [3.63, 3.8) is 0 Å². The van der Waals surface area contributed by atoms with Crippen molar-refractivity contribution in [2.24, 2.45) is 5.92 Å². The molecular weight excluding hydrogens is 314 g/mol. The van der Waals surface area contributed by atoms with E-state index in [1.54, 1.807) is 23.6 Å². The molecule has 24 heavy (non-hydrogen) atoms. The quantitative estimate of drug-likeness (QED) is 0.757. The van der Waals surface area contributed by atoms with Gasteiger partial charge in [0.25, 0.3) is 0 Å². The van der Waals surface area contributed by atoms with Crippen LogP contribution in [0.25, 0.3) is 0 Å². The highest BCUT2D eigenvalue weighted by Crippen LogP contribution is 2.32. The van der Waals surface area contributed by atoms with Gasteiger partial charge in [-0.15, -0.1) is 0 Å². The van der Waals surface area contributed by atoms with Gasteiger partial charge < -0.3 is 24.5 Å². The predicted molar refractivity (Wildman–Crippen MR) is 86.2 cm³/mol. The number of ether oxygens (including phenoxy) is 1. The summed E-state index contributed by atoms with van der Waals surface area (Å²) in [5.74, 6) is -1.41. The zero-order valence-electron chi connectivity index (χ0n) is 14.4. The molecule has 2 atom stereocenters. The van der Waals surface area contributed by atoms with Crippen LogP contribution in [-0.4, -0.2) is 82.8 Å². The molecule has 2 rings (SSSR count). The van der Waals surface area contributed by atoms with E-state index in [1.165, 1.54) is 18.0 Å². The minimum atomic E-state index is -1.02. The molecule has 0 aliphatic carbocycles. The molecule has 2 saturated heterocycles. The van der Waals surface area contributed by atoms with E-state index in [9.17, 15) is 19.5 Å². The van der Waals surface area contributed by atoms with Crippen LogP contribution in [0, 0.1) is 5.92 Å². The van der Waals surface area contributed by atoms with Crippen molar-refractivity contribution in [1.82, 2.24) is 14.7 Å². The first kappa shape index (κ1) is 18.3. The predicted octanol–water partition coefficient (Wildman–Crippen LogP) is 0.594. The molecule has 2 aliphatic rings. The van der Waals surface area contributed by atoms with Crippen LogP contribution in [0.4, 0.5) is 4.79 Å². The second-order valence-electron chi connectivity index (χ2n) is 6.79. The van der Waals surface area contributed by atoms with Gasteiger partial charge >= 0.3 is 12.0 Å². The van der Waals surface area contributed by atoms with Gasteiger partial charge in [0.05, 0.1) is 13.1 Å². The van der Waals surface area contributed by atoms with Gasteiger partial charge in [0, 0.05) is 13.6 Å². The van der Waals surface area contributed by atoms with E-state index in [0.717, 1.165) is 0 Å². The molecule has 1 N–H and O–H groups in total. The first-order valence-corrected chi connectivity index (χ1v) is 8.00. The van der Waals surface area contributed by atoms with Crippen LogP contribution in [0.2, 0.25) is 0 Å². The van der Waals surface area contributed by atoms with Crippen molar-refractivity contribution in [2.75, 3.05) is 33.4 Å². The molecule has 134 valence electrons. The van der Waals surface area contributed by atoms with Crippen LogP contribution in [-0.2, 0) is 14.3 Å². The lowest BCUT2D eigenvalue weighted by Crippen LogP contribution is -2.51.